The molecule has 0 heterocycles. The van der Waals surface area contributed by atoms with Gasteiger partial charge in [-0.15, -0.1) is 0 Å². The molecule has 0 fully saturated rings. The van der Waals surface area contributed by atoms with E-state index < -0.39 is 46.6 Å². The predicted octanol–water partition coefficient (Wildman–Crippen LogP) is 4.01. The van der Waals surface area contributed by atoms with Gasteiger partial charge in [0.05, 0.1) is 11.7 Å². The van der Waals surface area contributed by atoms with Crippen molar-refractivity contribution < 1.29 is 34.9 Å². The Bertz CT molecular complexity index is 713. The molecule has 0 aliphatic heterocycles. The molecule has 0 aromatic heterocycles. The van der Waals surface area contributed by atoms with E-state index in [1.165, 1.54) is 13.0 Å². The Balaban J connectivity index is 3.18. The van der Waals surface area contributed by atoms with Gasteiger partial charge in [-0.1, -0.05) is 12.1 Å². The average Bonchev–Trinajstić information content (AvgIpc) is 2.33. The molecule has 5 nitrogen and oxygen atoms in total. The fourth-order valence-corrected chi connectivity index (χ4v) is 5.22. The molecule has 1 aromatic carbocycles. The van der Waals surface area contributed by atoms with E-state index in [1.807, 2.05) is 0 Å². The Morgan fingerprint density at radius 2 is 1.83 bits per heavy atom. The molecule has 10 heteroatoms. The predicted molar refractivity (Wildman–Crippen MR) is 79.1 cm³/mol. The van der Waals surface area contributed by atoms with Gasteiger partial charge in [-0.05, 0) is 32.4 Å². The van der Waals surface area contributed by atoms with Crippen LogP contribution in [0, 0.1) is 6.92 Å². The molecule has 0 radical (unpaired) electrons. The second-order valence-electron chi connectivity index (χ2n) is 5.32. The van der Waals surface area contributed by atoms with Crippen molar-refractivity contribution in [1.82, 2.24) is 0 Å². The van der Waals surface area contributed by atoms with Gasteiger partial charge in [0.2, 0.25) is 7.37 Å². The maximum atomic E-state index is 13.0. The summed E-state index contributed by atoms with van der Waals surface area (Å²) in [6.07, 6.45) is -6.14. The Morgan fingerprint density at radius 1 is 1.26 bits per heavy atom. The summed E-state index contributed by atoms with van der Waals surface area (Å²) in [5.41, 5.74) is -1.44. The Kier molecular flexibility index (Phi) is 6.07. The van der Waals surface area contributed by atoms with Crippen LogP contribution in [0.1, 0.15) is 25.0 Å². The van der Waals surface area contributed by atoms with Crippen molar-refractivity contribution >= 4 is 17.5 Å². The zero-order valence-electron chi connectivity index (χ0n) is 13.0. The summed E-state index contributed by atoms with van der Waals surface area (Å²) in [6.45, 7) is 5.56. The number of benzene rings is 1. The molecule has 0 saturated carbocycles. The molecule has 23 heavy (non-hydrogen) atoms. The number of aryl methyl sites for hydroxylation is 1. The SMILES string of the molecule is Cc1cccc(C(F)(F)F)c1S(=O)(=O)OCP(C)(=O)OC(C)C. The van der Waals surface area contributed by atoms with Crippen molar-refractivity contribution in [2.45, 2.75) is 37.9 Å². The lowest BCUT2D eigenvalue weighted by Crippen LogP contribution is -2.17. The van der Waals surface area contributed by atoms with Gasteiger partial charge in [-0.25, -0.2) is 0 Å². The summed E-state index contributed by atoms with van der Waals surface area (Å²) >= 11 is 0. The van der Waals surface area contributed by atoms with Crippen molar-refractivity contribution in [3.63, 3.8) is 0 Å². The summed E-state index contributed by atoms with van der Waals surface area (Å²) in [5.74, 6) is 0. The molecule has 0 aliphatic rings. The summed E-state index contributed by atoms with van der Waals surface area (Å²) in [5, 5.41) is 0. The summed E-state index contributed by atoms with van der Waals surface area (Å²) in [4.78, 5) is -0.975. The maximum Gasteiger partial charge on any atom is 0.417 e. The lowest BCUT2D eigenvalue weighted by molar-refractivity contribution is -0.140. The second kappa shape index (κ2) is 6.93. The maximum absolute atomic E-state index is 13.0. The summed E-state index contributed by atoms with van der Waals surface area (Å²) in [7, 11) is -8.17. The van der Waals surface area contributed by atoms with Crippen LogP contribution in [0.4, 0.5) is 13.2 Å². The van der Waals surface area contributed by atoms with Crippen LogP contribution < -0.4 is 0 Å². The van der Waals surface area contributed by atoms with E-state index in [2.05, 4.69) is 4.18 Å². The first-order chi connectivity index (χ1) is 10.3. The lowest BCUT2D eigenvalue weighted by Gasteiger charge is -2.18. The van der Waals surface area contributed by atoms with Gasteiger partial charge in [0.1, 0.15) is 11.2 Å². The monoisotopic (exact) mass is 374 g/mol. The zero-order chi connectivity index (χ0) is 18.1. The van der Waals surface area contributed by atoms with E-state index in [1.54, 1.807) is 13.8 Å². The first-order valence-corrected chi connectivity index (χ1v) is 10.2. The number of alkyl halides is 3. The van der Waals surface area contributed by atoms with E-state index in [-0.39, 0.29) is 5.56 Å². The lowest BCUT2D eigenvalue weighted by atomic mass is 10.1. The van der Waals surface area contributed by atoms with Crippen molar-refractivity contribution in [2.75, 3.05) is 13.0 Å². The number of hydrogen-bond acceptors (Lipinski definition) is 5. The number of rotatable bonds is 6. The van der Waals surface area contributed by atoms with Gasteiger partial charge in [-0.3, -0.25) is 8.75 Å². The quantitative estimate of drug-likeness (QED) is 0.556. The van der Waals surface area contributed by atoms with Crippen LogP contribution in [0.15, 0.2) is 23.1 Å². The van der Waals surface area contributed by atoms with Crippen LogP contribution in [-0.2, 0) is 29.6 Å². The minimum atomic E-state index is -4.86. The highest BCUT2D eigenvalue weighted by Gasteiger charge is 2.39. The minimum absolute atomic E-state index is 0.115. The molecule has 0 spiro atoms. The molecular formula is C13H18F3O5PS. The molecule has 1 unspecified atom stereocenters. The van der Waals surface area contributed by atoms with E-state index in [4.69, 9.17) is 4.52 Å². The van der Waals surface area contributed by atoms with Gasteiger partial charge in [-0.2, -0.15) is 21.6 Å². The first-order valence-electron chi connectivity index (χ1n) is 6.57. The molecule has 1 atom stereocenters. The average molecular weight is 374 g/mol. The molecule has 1 aromatic rings. The van der Waals surface area contributed by atoms with E-state index in [0.717, 1.165) is 12.7 Å². The van der Waals surface area contributed by atoms with Gasteiger partial charge in [0, 0.05) is 6.66 Å². The van der Waals surface area contributed by atoms with Crippen LogP contribution in [0.3, 0.4) is 0 Å². The highest BCUT2D eigenvalue weighted by Crippen LogP contribution is 2.45. The van der Waals surface area contributed by atoms with Gasteiger partial charge in [0.15, 0.2) is 0 Å². The van der Waals surface area contributed by atoms with Crippen LogP contribution in [0.2, 0.25) is 0 Å². The van der Waals surface area contributed by atoms with Crippen LogP contribution in [0.25, 0.3) is 0 Å². The van der Waals surface area contributed by atoms with Crippen molar-refractivity contribution in [3.05, 3.63) is 29.3 Å². The van der Waals surface area contributed by atoms with E-state index in [9.17, 15) is 26.2 Å². The smallest absolute Gasteiger partial charge is 0.324 e. The van der Waals surface area contributed by atoms with E-state index >= 15 is 0 Å². The Morgan fingerprint density at radius 3 is 2.30 bits per heavy atom. The van der Waals surface area contributed by atoms with Gasteiger partial charge in [0.25, 0.3) is 10.1 Å². The molecule has 132 valence electrons. The summed E-state index contributed by atoms with van der Waals surface area (Å²) < 4.78 is 85.0. The molecule has 0 amide bonds. The molecule has 0 N–H and O–H groups in total. The van der Waals surface area contributed by atoms with Gasteiger partial charge < -0.3 is 4.52 Å². The Hall–Kier alpha value is -0.890. The third kappa shape index (κ3) is 5.60. The molecule has 0 aliphatic carbocycles. The largest absolute Gasteiger partial charge is 0.417 e. The number of halogens is 3. The second-order valence-corrected chi connectivity index (χ2v) is 9.37. The third-order valence-corrected chi connectivity index (χ3v) is 5.75. The van der Waals surface area contributed by atoms with Crippen LogP contribution in [0.5, 0.6) is 0 Å². The third-order valence-electron chi connectivity index (χ3n) is 2.64. The highest BCUT2D eigenvalue weighted by atomic mass is 32.2. The van der Waals surface area contributed by atoms with Crippen LogP contribution >= 0.6 is 7.37 Å². The zero-order valence-corrected chi connectivity index (χ0v) is 14.8. The van der Waals surface area contributed by atoms with Crippen molar-refractivity contribution in [3.8, 4) is 0 Å². The molecule has 1 rings (SSSR count). The van der Waals surface area contributed by atoms with Gasteiger partial charge >= 0.3 is 6.18 Å². The molecule has 0 bridgehead atoms. The summed E-state index contributed by atoms with van der Waals surface area (Å²) in [6, 6.07) is 2.98. The Labute approximate surface area is 133 Å². The fourth-order valence-electron chi connectivity index (χ4n) is 1.91. The topological polar surface area (TPSA) is 69.7 Å². The van der Waals surface area contributed by atoms with E-state index in [0.29, 0.717) is 6.07 Å². The fraction of sp³-hybridized carbons (Fsp3) is 0.538. The normalized spacial score (nSPS) is 15.7. The molecular weight excluding hydrogens is 356 g/mol. The molecule has 0 saturated heterocycles. The minimum Gasteiger partial charge on any atom is -0.324 e. The highest BCUT2D eigenvalue weighted by molar-refractivity contribution is 7.87. The van der Waals surface area contributed by atoms with Crippen molar-refractivity contribution in [1.29, 1.82) is 0 Å². The number of hydrogen-bond donors (Lipinski definition) is 0. The van der Waals surface area contributed by atoms with Crippen LogP contribution in [-0.4, -0.2) is 27.5 Å². The standard InChI is InChI=1S/C13H18F3O5PS/c1-9(2)21-22(4,17)8-20-23(18,19)12-10(3)6-5-7-11(12)13(14,15)16/h5-7,9H,8H2,1-4H3. The van der Waals surface area contributed by atoms with Crippen molar-refractivity contribution in [2.24, 2.45) is 0 Å². The first kappa shape index (κ1) is 20.2.